The molecule has 1 atom stereocenters. The number of carboxylic acids is 1. The van der Waals surface area contributed by atoms with Crippen LogP contribution in [0, 0.1) is 11.7 Å². The maximum Gasteiger partial charge on any atom is 0.330 e. The summed E-state index contributed by atoms with van der Waals surface area (Å²) in [5, 5.41) is 11.6. The highest BCUT2D eigenvalue weighted by Crippen LogP contribution is 2.22. The highest BCUT2D eigenvalue weighted by molar-refractivity contribution is 6.30. The van der Waals surface area contributed by atoms with E-state index in [2.05, 4.69) is 5.32 Å². The number of carboxylic acid groups (broad SMARTS) is 1. The summed E-state index contributed by atoms with van der Waals surface area (Å²) in [6.07, 6.45) is 1.10. The summed E-state index contributed by atoms with van der Waals surface area (Å²) in [6, 6.07) is 2.37. The van der Waals surface area contributed by atoms with Crippen molar-refractivity contribution in [3.05, 3.63) is 34.6 Å². The molecule has 1 amide bonds. The number of nitrogens with one attached hydrogen (secondary N) is 1. The van der Waals surface area contributed by atoms with Crippen LogP contribution in [0.1, 0.15) is 24.4 Å². The number of benzene rings is 1. The van der Waals surface area contributed by atoms with E-state index in [4.69, 9.17) is 16.3 Å². The van der Waals surface area contributed by atoms with Crippen molar-refractivity contribution in [3.63, 3.8) is 0 Å². The van der Waals surface area contributed by atoms with Crippen LogP contribution in [0.5, 0.6) is 0 Å². The highest BCUT2D eigenvalue weighted by atomic mass is 35.5. The third-order valence-corrected chi connectivity index (χ3v) is 3.71. The monoisotopic (exact) mass is 315 g/mol. The van der Waals surface area contributed by atoms with Gasteiger partial charge in [-0.1, -0.05) is 17.7 Å². The molecule has 114 valence electrons. The number of ether oxygens (including phenoxy) is 1. The van der Waals surface area contributed by atoms with Crippen LogP contribution in [-0.4, -0.2) is 30.2 Å². The maximum absolute atomic E-state index is 13.4. The van der Waals surface area contributed by atoms with Crippen LogP contribution in [0.2, 0.25) is 5.02 Å². The summed E-state index contributed by atoms with van der Waals surface area (Å²) in [6.45, 7) is 0.955. The Morgan fingerprint density at radius 3 is 2.62 bits per heavy atom. The molecule has 1 fully saturated rings. The fraction of sp³-hybridized carbons (Fsp3) is 0.429. The zero-order chi connectivity index (χ0) is 15.4. The zero-order valence-corrected chi connectivity index (χ0v) is 11.9. The van der Waals surface area contributed by atoms with Gasteiger partial charge in [-0.15, -0.1) is 0 Å². The fourth-order valence-corrected chi connectivity index (χ4v) is 2.32. The van der Waals surface area contributed by atoms with E-state index in [1.54, 1.807) is 0 Å². The van der Waals surface area contributed by atoms with Gasteiger partial charge >= 0.3 is 5.97 Å². The third kappa shape index (κ3) is 3.92. The normalized spacial score (nSPS) is 17.2. The minimum atomic E-state index is -1.30. The van der Waals surface area contributed by atoms with E-state index in [-0.39, 0.29) is 22.4 Å². The first-order valence-electron chi connectivity index (χ1n) is 6.55. The van der Waals surface area contributed by atoms with Crippen molar-refractivity contribution >= 4 is 23.5 Å². The first kappa shape index (κ1) is 15.7. The van der Waals surface area contributed by atoms with Crippen molar-refractivity contribution in [1.82, 2.24) is 5.32 Å². The van der Waals surface area contributed by atoms with Crippen molar-refractivity contribution in [3.8, 4) is 0 Å². The quantitative estimate of drug-likeness (QED) is 0.892. The van der Waals surface area contributed by atoms with Crippen LogP contribution in [0.15, 0.2) is 18.2 Å². The van der Waals surface area contributed by atoms with Crippen molar-refractivity contribution in [2.45, 2.75) is 18.9 Å². The lowest BCUT2D eigenvalue weighted by molar-refractivity contribution is -0.143. The number of carbonyl (C=O) groups is 2. The lowest BCUT2D eigenvalue weighted by Gasteiger charge is -2.23. The second kappa shape index (κ2) is 6.87. The van der Waals surface area contributed by atoms with Crippen LogP contribution >= 0.6 is 11.6 Å². The number of rotatable bonds is 4. The highest BCUT2D eigenvalue weighted by Gasteiger charge is 2.28. The molecule has 1 aliphatic heterocycles. The molecule has 0 bridgehead atoms. The van der Waals surface area contributed by atoms with E-state index < -0.39 is 17.8 Å². The van der Waals surface area contributed by atoms with Gasteiger partial charge in [0.25, 0.3) is 0 Å². The summed E-state index contributed by atoms with van der Waals surface area (Å²) >= 11 is 5.57. The average molecular weight is 316 g/mol. The molecule has 2 N–H and O–H groups in total. The van der Waals surface area contributed by atoms with Gasteiger partial charge in [-0.3, -0.25) is 4.79 Å². The topological polar surface area (TPSA) is 75.6 Å². The van der Waals surface area contributed by atoms with Crippen LogP contribution in [0.25, 0.3) is 0 Å². The predicted molar refractivity (Wildman–Crippen MR) is 73.5 cm³/mol. The second-order valence-corrected chi connectivity index (χ2v) is 5.25. The molecule has 1 unspecified atom stereocenters. The third-order valence-electron chi connectivity index (χ3n) is 3.40. The molecule has 7 heteroatoms. The average Bonchev–Trinajstić information content (AvgIpc) is 2.48. The Morgan fingerprint density at radius 1 is 1.38 bits per heavy atom. The molecule has 1 aliphatic rings. The number of aliphatic carboxylic acids is 1. The van der Waals surface area contributed by atoms with Crippen molar-refractivity contribution in [2.75, 3.05) is 13.2 Å². The zero-order valence-electron chi connectivity index (χ0n) is 11.1. The van der Waals surface area contributed by atoms with E-state index in [0.717, 1.165) is 6.07 Å². The Labute approximate surface area is 126 Å². The summed E-state index contributed by atoms with van der Waals surface area (Å²) in [7, 11) is 0. The minimum Gasteiger partial charge on any atom is -0.479 e. The molecular formula is C14H15ClFNO4. The van der Waals surface area contributed by atoms with Crippen molar-refractivity contribution in [2.24, 2.45) is 5.92 Å². The molecule has 5 nitrogen and oxygen atoms in total. The van der Waals surface area contributed by atoms with Crippen LogP contribution in [-0.2, 0) is 14.3 Å². The summed E-state index contributed by atoms with van der Waals surface area (Å²) in [5.41, 5.74) is 0.143. The fourth-order valence-electron chi connectivity index (χ4n) is 2.20. The van der Waals surface area contributed by atoms with Crippen molar-refractivity contribution < 1.29 is 23.8 Å². The van der Waals surface area contributed by atoms with E-state index in [1.165, 1.54) is 12.1 Å². The molecule has 0 spiro atoms. The van der Waals surface area contributed by atoms with E-state index in [1.807, 2.05) is 0 Å². The Kier molecular flexibility index (Phi) is 5.14. The molecule has 0 saturated carbocycles. The summed E-state index contributed by atoms with van der Waals surface area (Å²) < 4.78 is 18.6. The molecule has 1 aromatic carbocycles. The van der Waals surface area contributed by atoms with Gasteiger partial charge in [0.1, 0.15) is 5.82 Å². The van der Waals surface area contributed by atoms with Gasteiger partial charge in [-0.2, -0.15) is 0 Å². The minimum absolute atomic E-state index is 0.0985. The van der Waals surface area contributed by atoms with Crippen molar-refractivity contribution in [1.29, 1.82) is 0 Å². The van der Waals surface area contributed by atoms with Crippen LogP contribution in [0.4, 0.5) is 4.39 Å². The van der Waals surface area contributed by atoms with Gasteiger partial charge in [0.05, 0.1) is 5.02 Å². The largest absolute Gasteiger partial charge is 0.479 e. The first-order valence-corrected chi connectivity index (χ1v) is 6.92. The van der Waals surface area contributed by atoms with E-state index in [9.17, 15) is 19.1 Å². The Hall–Kier alpha value is -1.66. The molecule has 0 aliphatic carbocycles. The van der Waals surface area contributed by atoms with Gasteiger partial charge < -0.3 is 15.2 Å². The second-order valence-electron chi connectivity index (χ2n) is 4.84. The van der Waals surface area contributed by atoms with Gasteiger partial charge in [0.15, 0.2) is 6.04 Å². The predicted octanol–water partition coefficient (Wildman–Crippen LogP) is 2.15. The first-order chi connectivity index (χ1) is 9.99. The SMILES string of the molecule is O=C(NC(C(=O)O)c1ccc(Cl)c(F)c1)C1CCOCC1. The molecule has 0 radical (unpaired) electrons. The van der Waals surface area contributed by atoms with Gasteiger partial charge in [-0.25, -0.2) is 9.18 Å². The number of amides is 1. The van der Waals surface area contributed by atoms with E-state index in [0.29, 0.717) is 26.1 Å². The lowest BCUT2D eigenvalue weighted by Crippen LogP contribution is -2.39. The Morgan fingerprint density at radius 2 is 2.05 bits per heavy atom. The van der Waals surface area contributed by atoms with Gasteiger partial charge in [0, 0.05) is 19.1 Å². The molecule has 1 heterocycles. The van der Waals surface area contributed by atoms with Crippen LogP contribution in [0.3, 0.4) is 0 Å². The van der Waals surface area contributed by atoms with Gasteiger partial charge in [0.2, 0.25) is 5.91 Å². The number of hydrogen-bond donors (Lipinski definition) is 2. The smallest absolute Gasteiger partial charge is 0.330 e. The molecule has 2 rings (SSSR count). The molecule has 0 aromatic heterocycles. The van der Waals surface area contributed by atoms with Gasteiger partial charge in [-0.05, 0) is 30.5 Å². The molecule has 1 aromatic rings. The standard InChI is InChI=1S/C14H15ClFNO4/c15-10-2-1-9(7-11(10)16)12(14(19)20)17-13(18)8-3-5-21-6-4-8/h1-2,7-8,12H,3-6H2,(H,17,18)(H,19,20). The lowest BCUT2D eigenvalue weighted by atomic mass is 9.98. The summed E-state index contributed by atoms with van der Waals surface area (Å²) in [5.74, 6) is -2.61. The summed E-state index contributed by atoms with van der Waals surface area (Å²) in [4.78, 5) is 23.4. The Bertz CT molecular complexity index is 546. The Balaban J connectivity index is 2.13. The number of hydrogen-bond acceptors (Lipinski definition) is 3. The molecular weight excluding hydrogens is 301 g/mol. The van der Waals surface area contributed by atoms with E-state index >= 15 is 0 Å². The number of carbonyl (C=O) groups excluding carboxylic acids is 1. The molecule has 21 heavy (non-hydrogen) atoms. The van der Waals surface area contributed by atoms with Crippen LogP contribution < -0.4 is 5.32 Å². The number of halogens is 2. The maximum atomic E-state index is 13.4. The molecule has 1 saturated heterocycles.